The molecule has 0 radical (unpaired) electrons. The number of nitrogens with zero attached hydrogens (tertiary/aromatic N) is 2. The van der Waals surface area contributed by atoms with Crippen LogP contribution in [-0.2, 0) is 6.54 Å². The van der Waals surface area contributed by atoms with E-state index in [1.54, 1.807) is 11.9 Å². The summed E-state index contributed by atoms with van der Waals surface area (Å²) in [6.45, 7) is 0.462. The number of aromatic amines is 2. The number of fused-ring (bicyclic) bond motifs is 1. The summed E-state index contributed by atoms with van der Waals surface area (Å²) >= 11 is 0. The van der Waals surface area contributed by atoms with Gasteiger partial charge in [-0.2, -0.15) is 5.10 Å². The Balaban J connectivity index is 1.82. The molecule has 0 spiro atoms. The number of amides is 1. The number of para-hydroxylation sites is 1. The highest BCUT2D eigenvalue weighted by atomic mass is 16.2. The maximum absolute atomic E-state index is 12.2. The van der Waals surface area contributed by atoms with E-state index in [2.05, 4.69) is 15.2 Å². The third-order valence-electron chi connectivity index (χ3n) is 3.33. The van der Waals surface area contributed by atoms with Crippen molar-refractivity contribution >= 4 is 16.8 Å². The number of aromatic nitrogens is 3. The van der Waals surface area contributed by atoms with Gasteiger partial charge in [-0.05, 0) is 17.7 Å². The quantitative estimate of drug-likeness (QED) is 0.764. The van der Waals surface area contributed by atoms with Gasteiger partial charge in [0.15, 0.2) is 0 Å². The number of benzene rings is 1. The van der Waals surface area contributed by atoms with Crippen molar-refractivity contribution in [2.24, 2.45) is 0 Å². The smallest absolute Gasteiger partial charge is 0.274 e. The molecular weight excluding hydrogens is 268 g/mol. The van der Waals surface area contributed by atoms with Crippen LogP contribution < -0.4 is 5.56 Å². The first-order valence-corrected chi connectivity index (χ1v) is 6.51. The van der Waals surface area contributed by atoms with Crippen LogP contribution in [0.2, 0.25) is 0 Å². The zero-order chi connectivity index (χ0) is 14.8. The van der Waals surface area contributed by atoms with Crippen molar-refractivity contribution in [3.63, 3.8) is 0 Å². The van der Waals surface area contributed by atoms with E-state index in [0.29, 0.717) is 6.54 Å². The molecule has 0 atom stereocenters. The number of H-pyrrole nitrogens is 2. The molecule has 1 aromatic carbocycles. The SMILES string of the molecule is CN(Cc1c[nH]c2ccccc12)C(=O)c1ccc(=O)[nH]n1. The van der Waals surface area contributed by atoms with Crippen LogP contribution in [0.3, 0.4) is 0 Å². The molecular formula is C15H14N4O2. The Bertz CT molecular complexity index is 830. The molecule has 2 aromatic heterocycles. The number of carbonyl (C=O) groups is 1. The summed E-state index contributed by atoms with van der Waals surface area (Å²) in [5.74, 6) is -0.239. The molecule has 0 unspecified atom stereocenters. The third kappa shape index (κ3) is 2.55. The number of rotatable bonds is 3. The fourth-order valence-electron chi connectivity index (χ4n) is 2.25. The van der Waals surface area contributed by atoms with Crippen LogP contribution in [0.1, 0.15) is 16.1 Å². The van der Waals surface area contributed by atoms with Crippen LogP contribution in [0.5, 0.6) is 0 Å². The zero-order valence-corrected chi connectivity index (χ0v) is 11.5. The van der Waals surface area contributed by atoms with E-state index in [9.17, 15) is 9.59 Å². The van der Waals surface area contributed by atoms with Gasteiger partial charge in [0.25, 0.3) is 11.5 Å². The summed E-state index contributed by atoms with van der Waals surface area (Å²) in [4.78, 5) is 28.0. The Morgan fingerprint density at radius 2 is 2.05 bits per heavy atom. The maximum Gasteiger partial charge on any atom is 0.274 e. The average molecular weight is 282 g/mol. The van der Waals surface area contributed by atoms with Gasteiger partial charge in [0.2, 0.25) is 0 Å². The molecule has 0 bridgehead atoms. The molecule has 6 nitrogen and oxygen atoms in total. The average Bonchev–Trinajstić information content (AvgIpc) is 2.91. The minimum absolute atomic E-state index is 0.219. The van der Waals surface area contributed by atoms with E-state index >= 15 is 0 Å². The molecule has 21 heavy (non-hydrogen) atoms. The minimum atomic E-state index is -0.328. The van der Waals surface area contributed by atoms with Crippen molar-refractivity contribution in [3.05, 3.63) is 64.2 Å². The molecule has 3 aromatic rings. The first kappa shape index (κ1) is 13.1. The van der Waals surface area contributed by atoms with Crippen molar-refractivity contribution in [1.82, 2.24) is 20.1 Å². The Morgan fingerprint density at radius 1 is 1.24 bits per heavy atom. The van der Waals surface area contributed by atoms with Crippen LogP contribution in [0.25, 0.3) is 10.9 Å². The molecule has 2 N–H and O–H groups in total. The highest BCUT2D eigenvalue weighted by Gasteiger charge is 2.15. The molecule has 2 heterocycles. The predicted octanol–water partition coefficient (Wildman–Crippen LogP) is 1.52. The van der Waals surface area contributed by atoms with Crippen molar-refractivity contribution in [2.45, 2.75) is 6.54 Å². The van der Waals surface area contributed by atoms with E-state index in [1.165, 1.54) is 12.1 Å². The Hall–Kier alpha value is -2.89. The van der Waals surface area contributed by atoms with E-state index < -0.39 is 0 Å². The normalized spacial score (nSPS) is 10.7. The second-order valence-electron chi connectivity index (χ2n) is 4.83. The molecule has 106 valence electrons. The van der Waals surface area contributed by atoms with Crippen molar-refractivity contribution in [3.8, 4) is 0 Å². The lowest BCUT2D eigenvalue weighted by atomic mass is 10.1. The fraction of sp³-hybridized carbons (Fsp3) is 0.133. The fourth-order valence-corrected chi connectivity index (χ4v) is 2.25. The molecule has 0 saturated carbocycles. The van der Waals surface area contributed by atoms with E-state index in [4.69, 9.17) is 0 Å². The first-order chi connectivity index (χ1) is 10.1. The van der Waals surface area contributed by atoms with Gasteiger partial charge in [-0.25, -0.2) is 5.10 Å². The third-order valence-corrected chi connectivity index (χ3v) is 3.33. The largest absolute Gasteiger partial charge is 0.361 e. The van der Waals surface area contributed by atoms with Crippen LogP contribution >= 0.6 is 0 Å². The lowest BCUT2D eigenvalue weighted by Crippen LogP contribution is -2.28. The summed E-state index contributed by atoms with van der Waals surface area (Å²) in [6, 6.07) is 10.6. The van der Waals surface area contributed by atoms with Gasteiger partial charge in [-0.1, -0.05) is 18.2 Å². The molecule has 1 amide bonds. The lowest BCUT2D eigenvalue weighted by molar-refractivity contribution is 0.0778. The monoisotopic (exact) mass is 282 g/mol. The van der Waals surface area contributed by atoms with Gasteiger partial charge in [-0.15, -0.1) is 0 Å². The Kier molecular flexibility index (Phi) is 3.27. The maximum atomic E-state index is 12.2. The molecule has 0 aliphatic carbocycles. The van der Waals surface area contributed by atoms with Crippen molar-refractivity contribution < 1.29 is 4.79 Å². The Morgan fingerprint density at radius 3 is 2.81 bits per heavy atom. The van der Waals surface area contributed by atoms with E-state index in [-0.39, 0.29) is 17.2 Å². The summed E-state index contributed by atoms with van der Waals surface area (Å²) in [6.07, 6.45) is 1.90. The summed E-state index contributed by atoms with van der Waals surface area (Å²) in [5.41, 5.74) is 1.96. The van der Waals surface area contributed by atoms with E-state index in [1.807, 2.05) is 30.5 Å². The minimum Gasteiger partial charge on any atom is -0.361 e. The lowest BCUT2D eigenvalue weighted by Gasteiger charge is -2.15. The second-order valence-corrected chi connectivity index (χ2v) is 4.83. The van der Waals surface area contributed by atoms with Crippen molar-refractivity contribution in [2.75, 3.05) is 7.05 Å². The molecule has 0 aliphatic heterocycles. The predicted molar refractivity (Wildman–Crippen MR) is 79.0 cm³/mol. The molecule has 0 fully saturated rings. The number of hydrogen-bond donors (Lipinski definition) is 2. The molecule has 6 heteroatoms. The van der Waals surface area contributed by atoms with Crippen LogP contribution in [0.15, 0.2) is 47.4 Å². The van der Waals surface area contributed by atoms with E-state index in [0.717, 1.165) is 16.5 Å². The van der Waals surface area contributed by atoms with Crippen LogP contribution in [0, 0.1) is 0 Å². The number of nitrogens with one attached hydrogen (secondary N) is 2. The summed E-state index contributed by atoms with van der Waals surface area (Å²) in [5, 5.41) is 7.11. The first-order valence-electron chi connectivity index (χ1n) is 6.51. The Labute approximate surface area is 120 Å². The number of hydrogen-bond acceptors (Lipinski definition) is 3. The molecule has 0 aliphatic rings. The van der Waals surface area contributed by atoms with Gasteiger partial charge in [0, 0.05) is 36.8 Å². The standard InChI is InChI=1S/C15H14N4O2/c1-19(15(21)13-6-7-14(20)18-17-13)9-10-8-16-12-5-3-2-4-11(10)12/h2-8,16H,9H2,1H3,(H,18,20). The van der Waals surface area contributed by atoms with Crippen LogP contribution in [-0.4, -0.2) is 33.0 Å². The molecule has 3 rings (SSSR count). The summed E-state index contributed by atoms with van der Waals surface area (Å²) < 4.78 is 0. The van der Waals surface area contributed by atoms with Gasteiger partial charge in [-0.3, -0.25) is 9.59 Å². The highest BCUT2D eigenvalue weighted by molar-refractivity contribution is 5.92. The topological polar surface area (TPSA) is 81.9 Å². The van der Waals surface area contributed by atoms with Gasteiger partial charge < -0.3 is 9.88 Å². The number of carbonyl (C=O) groups excluding carboxylic acids is 1. The van der Waals surface area contributed by atoms with Gasteiger partial charge in [0.05, 0.1) is 0 Å². The van der Waals surface area contributed by atoms with Gasteiger partial charge >= 0.3 is 0 Å². The van der Waals surface area contributed by atoms with Gasteiger partial charge in [0.1, 0.15) is 5.69 Å². The van der Waals surface area contributed by atoms with Crippen LogP contribution in [0.4, 0.5) is 0 Å². The second kappa shape index (κ2) is 5.24. The van der Waals surface area contributed by atoms with Crippen molar-refractivity contribution in [1.29, 1.82) is 0 Å². The highest BCUT2D eigenvalue weighted by Crippen LogP contribution is 2.19. The molecule has 0 saturated heterocycles. The summed E-state index contributed by atoms with van der Waals surface area (Å²) in [7, 11) is 1.71. The zero-order valence-electron chi connectivity index (χ0n) is 11.5.